The fourth-order valence-corrected chi connectivity index (χ4v) is 2.96. The molecule has 0 aliphatic carbocycles. The van der Waals surface area contributed by atoms with E-state index in [2.05, 4.69) is 76.1 Å². The topological polar surface area (TPSA) is 15.6 Å². The van der Waals surface area contributed by atoms with Crippen LogP contribution in [0.3, 0.4) is 0 Å². The number of allylic oxidation sites excluding steroid dienone is 2. The summed E-state index contributed by atoms with van der Waals surface area (Å²) >= 11 is 5.28. The van der Waals surface area contributed by atoms with Gasteiger partial charge in [-0.15, -0.1) is 0 Å². The lowest BCUT2D eigenvalue weighted by Gasteiger charge is -2.28. The molecule has 1 aromatic rings. The van der Waals surface area contributed by atoms with Crippen molar-refractivity contribution in [1.82, 2.24) is 4.90 Å². The van der Waals surface area contributed by atoms with Gasteiger partial charge in [0.1, 0.15) is 5.82 Å². The van der Waals surface area contributed by atoms with E-state index < -0.39 is 0 Å². The molecule has 0 atom stereocenters. The molecule has 0 aromatic heterocycles. The number of thiol groups is 1. The van der Waals surface area contributed by atoms with Crippen molar-refractivity contribution in [3.8, 4) is 0 Å². The summed E-state index contributed by atoms with van der Waals surface area (Å²) in [6.07, 6.45) is 13.6. The first-order valence-corrected chi connectivity index (χ1v) is 14.6. The van der Waals surface area contributed by atoms with Gasteiger partial charge >= 0.3 is 0 Å². The van der Waals surface area contributed by atoms with E-state index in [0.717, 1.165) is 31.6 Å². The van der Waals surface area contributed by atoms with Crippen LogP contribution in [0.25, 0.3) is 0 Å². The molecule has 0 bridgehead atoms. The second-order valence-corrected chi connectivity index (χ2v) is 7.81. The molecule has 0 saturated heterocycles. The molecule has 0 amide bonds. The zero-order chi connectivity index (χ0) is 25.5. The third kappa shape index (κ3) is 15.6. The summed E-state index contributed by atoms with van der Waals surface area (Å²) in [5.74, 6) is 0.902. The highest BCUT2D eigenvalue weighted by Gasteiger charge is 2.14. The molecule has 32 heavy (non-hydrogen) atoms. The van der Waals surface area contributed by atoms with Crippen LogP contribution in [0.4, 0.5) is 0 Å². The molecule has 0 radical (unpaired) electrons. The van der Waals surface area contributed by atoms with Gasteiger partial charge in [-0.1, -0.05) is 65.8 Å². The predicted octanol–water partition coefficient (Wildman–Crippen LogP) is 9.14. The first-order chi connectivity index (χ1) is 15.4. The number of rotatable bonds is 7. The largest absolute Gasteiger partial charge is 0.331 e. The zero-order valence-corrected chi connectivity index (χ0v) is 24.7. The molecule has 1 heterocycles. The molecule has 0 N–H and O–H groups in total. The normalized spacial score (nSPS) is 11.8. The van der Waals surface area contributed by atoms with Gasteiger partial charge in [0, 0.05) is 18.0 Å². The Bertz CT molecular complexity index is 649. The Labute approximate surface area is 211 Å². The first-order valence-electron chi connectivity index (χ1n) is 12.1. The molecule has 1 aliphatic rings. The van der Waals surface area contributed by atoms with E-state index in [9.17, 15) is 0 Å². The summed E-state index contributed by atoms with van der Waals surface area (Å²) < 4.78 is 0. The lowest BCUT2D eigenvalue weighted by molar-refractivity contribution is 0.409. The van der Waals surface area contributed by atoms with Crippen LogP contribution in [0.1, 0.15) is 83.9 Å². The smallest absolute Gasteiger partial charge is 0.125 e. The van der Waals surface area contributed by atoms with Crippen LogP contribution in [-0.2, 0) is 6.42 Å². The molecule has 0 unspecified atom stereocenters. The lowest BCUT2D eigenvalue weighted by atomic mass is 10.0. The fraction of sp³-hybridized carbons (Fsp3) is 0.607. The molecule has 0 saturated carbocycles. The van der Waals surface area contributed by atoms with E-state index in [4.69, 9.17) is 4.99 Å². The van der Waals surface area contributed by atoms with Crippen molar-refractivity contribution in [1.29, 1.82) is 0 Å². The van der Waals surface area contributed by atoms with Gasteiger partial charge < -0.3 is 4.90 Å². The van der Waals surface area contributed by atoms with Crippen molar-refractivity contribution >= 4 is 30.1 Å². The number of aliphatic imine (C=N–C) groups is 1. The van der Waals surface area contributed by atoms with Crippen molar-refractivity contribution in [2.45, 2.75) is 87.5 Å². The van der Waals surface area contributed by atoms with Gasteiger partial charge in [-0.25, -0.2) is 4.99 Å². The molecule has 1 aliphatic heterocycles. The molecule has 1 aromatic carbocycles. The molecule has 186 valence electrons. The van der Waals surface area contributed by atoms with E-state index in [1.165, 1.54) is 40.9 Å². The molecule has 0 fully saturated rings. The highest BCUT2D eigenvalue weighted by Crippen LogP contribution is 2.21. The lowest BCUT2D eigenvalue weighted by Crippen LogP contribution is -2.25. The molecular formula is C28H52N2S2. The second kappa shape index (κ2) is 24.5. The first kappa shape index (κ1) is 35.5. The molecule has 0 spiro atoms. The van der Waals surface area contributed by atoms with Crippen LogP contribution in [0, 0.1) is 13.8 Å². The van der Waals surface area contributed by atoms with Gasteiger partial charge in [0.2, 0.25) is 0 Å². The van der Waals surface area contributed by atoms with Crippen molar-refractivity contribution in [2.24, 2.45) is 4.99 Å². The van der Waals surface area contributed by atoms with Crippen molar-refractivity contribution in [2.75, 3.05) is 25.3 Å². The quantitative estimate of drug-likeness (QED) is 0.391. The number of nitrogens with zero attached hydrogens (tertiary/aromatic N) is 2. The van der Waals surface area contributed by atoms with Crippen LogP contribution in [-0.4, -0.2) is 35.9 Å². The van der Waals surface area contributed by atoms with Crippen LogP contribution < -0.4 is 0 Å². The standard InChI is InChI=1S/C21H30N2.C2H6S.2C2H6.CH4S/c1-6-7-13-23-18(4)15-21(22-19(23)5)10-8-9-20-12-11-16(2)17(3)14-20;1-3-2;3*1-2/h11-12,14-15H,5-10,13H2,1-4H3;1-2H3;2*1-2H3;2H,1H3. The second-order valence-electron chi connectivity index (χ2n) is 6.99. The molecule has 4 heteroatoms. The number of benzene rings is 1. The Morgan fingerprint density at radius 3 is 1.97 bits per heavy atom. The summed E-state index contributed by atoms with van der Waals surface area (Å²) in [5.41, 5.74) is 6.62. The monoisotopic (exact) mass is 480 g/mol. The van der Waals surface area contributed by atoms with E-state index in [1.54, 1.807) is 18.0 Å². The van der Waals surface area contributed by atoms with Crippen LogP contribution in [0.2, 0.25) is 0 Å². The van der Waals surface area contributed by atoms with Crippen LogP contribution in [0.15, 0.2) is 47.4 Å². The van der Waals surface area contributed by atoms with Gasteiger partial charge in [-0.2, -0.15) is 24.4 Å². The van der Waals surface area contributed by atoms with Crippen molar-refractivity contribution in [3.63, 3.8) is 0 Å². The highest BCUT2D eigenvalue weighted by molar-refractivity contribution is 7.97. The average molecular weight is 481 g/mol. The minimum Gasteiger partial charge on any atom is -0.331 e. The number of thioether (sulfide) groups is 1. The molecule has 2 rings (SSSR count). The Morgan fingerprint density at radius 2 is 1.50 bits per heavy atom. The van der Waals surface area contributed by atoms with Gasteiger partial charge in [0.05, 0.1) is 0 Å². The van der Waals surface area contributed by atoms with Gasteiger partial charge in [0.25, 0.3) is 0 Å². The van der Waals surface area contributed by atoms with Crippen molar-refractivity contribution < 1.29 is 0 Å². The minimum atomic E-state index is 0.902. The third-order valence-corrected chi connectivity index (χ3v) is 4.59. The fourth-order valence-electron chi connectivity index (χ4n) is 2.96. The Morgan fingerprint density at radius 1 is 0.938 bits per heavy atom. The third-order valence-electron chi connectivity index (χ3n) is 4.59. The maximum absolute atomic E-state index is 4.70. The molecular weight excluding hydrogens is 428 g/mol. The van der Waals surface area contributed by atoms with Crippen LogP contribution >= 0.6 is 24.4 Å². The SMILES string of the molecule is C=C1N=C(CCCc2ccc(C)c(C)c2)C=C(C)N1CCCC.CC.CC.CS.CSC. The Kier molecular flexibility index (Phi) is 27.2. The van der Waals surface area contributed by atoms with E-state index in [1.807, 2.05) is 40.2 Å². The maximum atomic E-state index is 4.70. The Balaban J connectivity index is -0.000000822. The number of unbranched alkanes of at least 4 members (excludes halogenated alkanes) is 1. The summed E-state index contributed by atoms with van der Waals surface area (Å²) in [4.78, 5) is 6.93. The van der Waals surface area contributed by atoms with E-state index in [0.29, 0.717) is 0 Å². The predicted molar refractivity (Wildman–Crippen MR) is 158 cm³/mol. The van der Waals surface area contributed by atoms with Gasteiger partial charge in [-0.3, -0.25) is 0 Å². The Hall–Kier alpha value is -1.13. The zero-order valence-electron chi connectivity index (χ0n) is 23.0. The summed E-state index contributed by atoms with van der Waals surface area (Å²) in [6, 6.07) is 6.78. The summed E-state index contributed by atoms with van der Waals surface area (Å²) in [6.45, 7) is 21.9. The number of aryl methyl sites for hydroxylation is 3. The maximum Gasteiger partial charge on any atom is 0.125 e. The highest BCUT2D eigenvalue weighted by atomic mass is 32.2. The van der Waals surface area contributed by atoms with Crippen LogP contribution in [0.5, 0.6) is 0 Å². The number of hydrogen-bond acceptors (Lipinski definition) is 4. The van der Waals surface area contributed by atoms with Gasteiger partial charge in [0.15, 0.2) is 0 Å². The molecule has 2 nitrogen and oxygen atoms in total. The summed E-state index contributed by atoms with van der Waals surface area (Å²) in [5, 5.41) is 0. The minimum absolute atomic E-state index is 0.902. The van der Waals surface area contributed by atoms with E-state index in [-0.39, 0.29) is 0 Å². The summed E-state index contributed by atoms with van der Waals surface area (Å²) in [7, 11) is 0. The van der Waals surface area contributed by atoms with E-state index >= 15 is 0 Å². The number of hydrogen-bond donors (Lipinski definition) is 1. The van der Waals surface area contributed by atoms with Crippen molar-refractivity contribution in [3.05, 3.63) is 59.1 Å². The average Bonchev–Trinajstić information content (AvgIpc) is 2.80. The van der Waals surface area contributed by atoms with Gasteiger partial charge in [-0.05, 0) is 88.0 Å².